The van der Waals surface area contributed by atoms with Crippen LogP contribution in [0.4, 0.5) is 5.69 Å². The fourth-order valence-electron chi connectivity index (χ4n) is 3.02. The normalized spacial score (nSPS) is 11.2. The van der Waals surface area contributed by atoms with Gasteiger partial charge in [0, 0.05) is 12.1 Å². The summed E-state index contributed by atoms with van der Waals surface area (Å²) < 4.78 is 58.9. The Labute approximate surface area is 257 Å². The second-order valence-corrected chi connectivity index (χ2v) is 8.56. The van der Waals surface area contributed by atoms with Crippen LogP contribution in [0.3, 0.4) is 0 Å². The smallest absolute Gasteiger partial charge is 0.329 e. The number of rotatable bonds is 34. The Kier molecular flexibility index (Phi) is 27.4. The third-order valence-corrected chi connectivity index (χ3v) is 5.12. The fourth-order valence-corrected chi connectivity index (χ4v) is 3.02. The number of hydrogen-bond acceptors (Lipinski definition) is 14. The van der Waals surface area contributed by atoms with E-state index in [0.717, 1.165) is 0 Å². The number of ether oxygens (including phenoxy) is 11. The zero-order valence-corrected chi connectivity index (χ0v) is 25.3. The van der Waals surface area contributed by atoms with Crippen molar-refractivity contribution in [2.24, 2.45) is 0 Å². The zero-order chi connectivity index (χ0) is 31.8. The van der Waals surface area contributed by atoms with Crippen LogP contribution in [-0.4, -0.2) is 155 Å². The fraction of sp³-hybridized carbons (Fsp3) is 0.750. The Morgan fingerprint density at radius 1 is 0.500 bits per heavy atom. The van der Waals surface area contributed by atoms with Gasteiger partial charge in [-0.15, -0.1) is 0 Å². The van der Waals surface area contributed by atoms with E-state index in [9.17, 15) is 14.9 Å². The third kappa shape index (κ3) is 27.1. The number of carbonyl (C=O) groups is 1. The molecule has 0 aromatic heterocycles. The summed E-state index contributed by atoms with van der Waals surface area (Å²) in [4.78, 5) is 20.4. The molecular formula is C28H47NO15. The molecule has 1 aromatic rings. The van der Waals surface area contributed by atoms with Gasteiger partial charge in [0.15, 0.2) is 0 Å². The Morgan fingerprint density at radius 3 is 1.05 bits per heavy atom. The number of nitro groups is 1. The molecule has 16 nitrogen and oxygen atoms in total. The van der Waals surface area contributed by atoms with E-state index >= 15 is 0 Å². The minimum Gasteiger partial charge on any atom is -0.491 e. The van der Waals surface area contributed by atoms with Gasteiger partial charge in [-0.3, -0.25) is 10.1 Å². The van der Waals surface area contributed by atoms with E-state index < -0.39 is 10.9 Å². The minimum absolute atomic E-state index is 0.0204. The van der Waals surface area contributed by atoms with Gasteiger partial charge < -0.3 is 57.2 Å². The third-order valence-electron chi connectivity index (χ3n) is 5.12. The Bertz CT molecular complexity index is 800. The van der Waals surface area contributed by atoms with Crippen LogP contribution in [0.25, 0.3) is 0 Å². The molecule has 0 saturated carbocycles. The molecule has 0 aliphatic rings. The van der Waals surface area contributed by atoms with Crippen molar-refractivity contribution in [2.75, 3.05) is 139 Å². The van der Waals surface area contributed by atoms with Crippen molar-refractivity contribution in [3.8, 4) is 5.75 Å². The molecule has 16 heteroatoms. The molecule has 0 saturated heterocycles. The Hall–Kier alpha value is -2.51. The molecule has 1 N–H and O–H groups in total. The lowest BCUT2D eigenvalue weighted by Gasteiger charge is -2.09. The molecule has 0 amide bonds. The summed E-state index contributed by atoms with van der Waals surface area (Å²) in [6, 6.07) is 5.89. The summed E-state index contributed by atoms with van der Waals surface area (Å²) in [5.74, 6) is -0.452. The van der Waals surface area contributed by atoms with E-state index in [1.54, 1.807) is 12.1 Å². The molecule has 0 aliphatic heterocycles. The molecule has 0 spiro atoms. The molecule has 1 rings (SSSR count). The number of nitrogens with zero attached hydrogens (tertiary/aromatic N) is 1. The molecule has 254 valence electrons. The highest BCUT2D eigenvalue weighted by Gasteiger charge is 2.04. The number of aliphatic carboxylic acids is 1. The Balaban J connectivity index is 1.66. The Morgan fingerprint density at radius 2 is 0.773 bits per heavy atom. The van der Waals surface area contributed by atoms with Crippen molar-refractivity contribution >= 4 is 11.7 Å². The molecule has 0 bridgehead atoms. The first-order valence-electron chi connectivity index (χ1n) is 14.5. The van der Waals surface area contributed by atoms with Gasteiger partial charge in [-0.05, 0) is 12.1 Å². The first-order chi connectivity index (χ1) is 21.6. The lowest BCUT2D eigenvalue weighted by Crippen LogP contribution is -2.15. The molecule has 0 heterocycles. The maximum absolute atomic E-state index is 10.6. The average Bonchev–Trinajstić information content (AvgIpc) is 3.01. The number of nitro benzene ring substituents is 1. The second kappa shape index (κ2) is 30.5. The average molecular weight is 638 g/mol. The van der Waals surface area contributed by atoms with Crippen molar-refractivity contribution in [1.82, 2.24) is 0 Å². The van der Waals surface area contributed by atoms with Gasteiger partial charge in [0.2, 0.25) is 0 Å². The first kappa shape index (κ1) is 39.5. The highest BCUT2D eigenvalue weighted by molar-refractivity contribution is 5.67. The molecular weight excluding hydrogens is 590 g/mol. The number of hydrogen-bond donors (Lipinski definition) is 1. The number of benzene rings is 1. The molecule has 0 atom stereocenters. The van der Waals surface area contributed by atoms with Crippen LogP contribution in [-0.2, 0) is 52.2 Å². The molecule has 0 fully saturated rings. The highest BCUT2D eigenvalue weighted by atomic mass is 16.6. The van der Waals surface area contributed by atoms with E-state index in [0.29, 0.717) is 131 Å². The second-order valence-electron chi connectivity index (χ2n) is 8.56. The zero-order valence-electron chi connectivity index (χ0n) is 25.3. The summed E-state index contributed by atoms with van der Waals surface area (Å²) in [6.45, 7) is 8.22. The summed E-state index contributed by atoms with van der Waals surface area (Å²) in [5.41, 5.74) is 0.0204. The van der Waals surface area contributed by atoms with Crippen molar-refractivity contribution in [1.29, 1.82) is 0 Å². The topological polar surface area (TPSA) is 182 Å². The summed E-state index contributed by atoms with van der Waals surface area (Å²) in [5, 5.41) is 19.0. The largest absolute Gasteiger partial charge is 0.491 e. The SMILES string of the molecule is O=C(O)COCCOCCOCCOCCOCCOCCOCCOCCOCCOCCOc1ccc([N+](=O)[O-])cc1. The van der Waals surface area contributed by atoms with E-state index in [4.69, 9.17) is 57.2 Å². The molecule has 44 heavy (non-hydrogen) atoms. The van der Waals surface area contributed by atoms with Crippen LogP contribution < -0.4 is 4.74 Å². The van der Waals surface area contributed by atoms with Crippen LogP contribution in [0.5, 0.6) is 5.75 Å². The van der Waals surface area contributed by atoms with Crippen LogP contribution in [0, 0.1) is 10.1 Å². The van der Waals surface area contributed by atoms with Crippen molar-refractivity contribution in [2.45, 2.75) is 0 Å². The summed E-state index contributed by atoms with van der Waals surface area (Å²) >= 11 is 0. The lowest BCUT2D eigenvalue weighted by atomic mass is 10.3. The molecule has 0 aliphatic carbocycles. The van der Waals surface area contributed by atoms with E-state index in [-0.39, 0.29) is 18.9 Å². The maximum atomic E-state index is 10.6. The van der Waals surface area contributed by atoms with Crippen molar-refractivity contribution in [3.63, 3.8) is 0 Å². The predicted molar refractivity (Wildman–Crippen MR) is 154 cm³/mol. The first-order valence-corrected chi connectivity index (χ1v) is 14.5. The van der Waals surface area contributed by atoms with Gasteiger partial charge in [0.1, 0.15) is 19.0 Å². The monoisotopic (exact) mass is 637 g/mol. The molecule has 0 unspecified atom stereocenters. The summed E-state index contributed by atoms with van der Waals surface area (Å²) in [7, 11) is 0. The van der Waals surface area contributed by atoms with Gasteiger partial charge in [-0.2, -0.15) is 0 Å². The van der Waals surface area contributed by atoms with E-state index in [1.165, 1.54) is 12.1 Å². The van der Waals surface area contributed by atoms with Crippen molar-refractivity contribution in [3.05, 3.63) is 34.4 Å². The summed E-state index contributed by atoms with van der Waals surface area (Å²) in [6.07, 6.45) is 0. The number of carboxylic acids is 1. The number of non-ortho nitro benzene ring substituents is 1. The van der Waals surface area contributed by atoms with Crippen LogP contribution in [0.1, 0.15) is 0 Å². The van der Waals surface area contributed by atoms with Gasteiger partial charge >= 0.3 is 5.97 Å². The van der Waals surface area contributed by atoms with Gasteiger partial charge in [-0.25, -0.2) is 4.79 Å². The van der Waals surface area contributed by atoms with Crippen molar-refractivity contribution < 1.29 is 66.9 Å². The standard InChI is InChI=1S/C28H47NO15/c30-28(31)25-43-22-21-41-18-17-39-14-13-37-10-9-35-6-5-34-7-8-36-11-12-38-15-16-40-19-20-42-23-24-44-27-3-1-26(2-4-27)29(32)33/h1-4H,5-25H2,(H,30,31). The van der Waals surface area contributed by atoms with Gasteiger partial charge in [-0.1, -0.05) is 0 Å². The lowest BCUT2D eigenvalue weighted by molar-refractivity contribution is -0.384. The van der Waals surface area contributed by atoms with E-state index in [2.05, 4.69) is 0 Å². The van der Waals surface area contributed by atoms with E-state index in [1.807, 2.05) is 0 Å². The van der Waals surface area contributed by atoms with Crippen LogP contribution >= 0.6 is 0 Å². The quantitative estimate of drug-likeness (QED) is 0.0646. The molecule has 0 radical (unpaired) electrons. The molecule has 1 aromatic carbocycles. The number of carboxylic acid groups (broad SMARTS) is 1. The van der Waals surface area contributed by atoms with Crippen LogP contribution in [0.2, 0.25) is 0 Å². The maximum Gasteiger partial charge on any atom is 0.329 e. The highest BCUT2D eigenvalue weighted by Crippen LogP contribution is 2.17. The van der Waals surface area contributed by atoms with Crippen LogP contribution in [0.15, 0.2) is 24.3 Å². The minimum atomic E-state index is -1.00. The van der Waals surface area contributed by atoms with Gasteiger partial charge in [0.05, 0.1) is 130 Å². The van der Waals surface area contributed by atoms with Gasteiger partial charge in [0.25, 0.3) is 5.69 Å². The predicted octanol–water partition coefficient (Wildman–Crippen LogP) is 1.22.